The molecule has 0 aliphatic carbocycles. The molecule has 0 bridgehead atoms. The van der Waals surface area contributed by atoms with Crippen molar-refractivity contribution in [2.75, 3.05) is 22.9 Å². The maximum absolute atomic E-state index is 5.86. The van der Waals surface area contributed by atoms with Gasteiger partial charge >= 0.3 is 0 Å². The Hall–Kier alpha value is -1.62. The minimum Gasteiger partial charge on any atom is -0.399 e. The molecule has 1 aliphatic heterocycles. The van der Waals surface area contributed by atoms with E-state index in [-0.39, 0.29) is 0 Å². The molecule has 1 aliphatic rings. The number of nitrogen functional groups attached to an aromatic ring is 1. The van der Waals surface area contributed by atoms with E-state index >= 15 is 0 Å². The Morgan fingerprint density at radius 3 is 3.24 bits per heavy atom. The van der Waals surface area contributed by atoms with Crippen LogP contribution in [0.3, 0.4) is 0 Å². The zero-order valence-electron chi connectivity index (χ0n) is 9.39. The standard InChI is InChI=1S/C12H14N4S/c13-9-1-2-12-11(5-9)16(3-4-17-12)7-10-6-14-8-15-10/h1-2,5-6,8H,3-4,7,13H2,(H,14,15). The van der Waals surface area contributed by atoms with E-state index in [1.807, 2.05) is 30.1 Å². The van der Waals surface area contributed by atoms with Crippen LogP contribution in [-0.2, 0) is 6.54 Å². The van der Waals surface area contributed by atoms with Crippen LogP contribution in [-0.4, -0.2) is 22.3 Å². The molecule has 0 amide bonds. The predicted octanol–water partition coefficient (Wildman–Crippen LogP) is 2.10. The Bertz CT molecular complexity index is 509. The number of aromatic amines is 1. The van der Waals surface area contributed by atoms with Gasteiger partial charge in [0.2, 0.25) is 0 Å². The molecule has 5 heteroatoms. The van der Waals surface area contributed by atoms with E-state index in [1.165, 1.54) is 10.6 Å². The van der Waals surface area contributed by atoms with Gasteiger partial charge in [-0.3, -0.25) is 0 Å². The van der Waals surface area contributed by atoms with E-state index in [2.05, 4.69) is 20.9 Å². The molecule has 0 saturated carbocycles. The van der Waals surface area contributed by atoms with Gasteiger partial charge in [0.25, 0.3) is 0 Å². The number of hydrogen-bond donors (Lipinski definition) is 2. The first-order chi connectivity index (χ1) is 8.33. The van der Waals surface area contributed by atoms with Gasteiger partial charge in [0, 0.05) is 29.1 Å². The van der Waals surface area contributed by atoms with Crippen molar-refractivity contribution in [1.29, 1.82) is 0 Å². The van der Waals surface area contributed by atoms with E-state index in [0.717, 1.165) is 30.2 Å². The van der Waals surface area contributed by atoms with Crippen molar-refractivity contribution in [2.45, 2.75) is 11.4 Å². The molecule has 0 unspecified atom stereocenters. The summed E-state index contributed by atoms with van der Waals surface area (Å²) in [4.78, 5) is 10.9. The molecule has 2 heterocycles. The molecular formula is C12H14N4S. The second-order valence-electron chi connectivity index (χ2n) is 4.06. The lowest BCUT2D eigenvalue weighted by Crippen LogP contribution is -2.28. The molecule has 2 aromatic rings. The predicted molar refractivity (Wildman–Crippen MR) is 71.2 cm³/mol. The number of aromatic nitrogens is 2. The molecule has 1 aromatic carbocycles. The van der Waals surface area contributed by atoms with Crippen LogP contribution in [0.2, 0.25) is 0 Å². The summed E-state index contributed by atoms with van der Waals surface area (Å²) in [5, 5.41) is 0. The highest BCUT2D eigenvalue weighted by molar-refractivity contribution is 7.99. The Morgan fingerprint density at radius 2 is 2.41 bits per heavy atom. The molecule has 3 N–H and O–H groups in total. The van der Waals surface area contributed by atoms with Crippen molar-refractivity contribution in [2.24, 2.45) is 0 Å². The third-order valence-corrected chi connectivity index (χ3v) is 3.89. The Morgan fingerprint density at radius 1 is 1.47 bits per heavy atom. The van der Waals surface area contributed by atoms with E-state index in [9.17, 15) is 0 Å². The maximum Gasteiger partial charge on any atom is 0.0923 e. The quantitative estimate of drug-likeness (QED) is 0.797. The molecule has 0 spiro atoms. The maximum atomic E-state index is 5.86. The summed E-state index contributed by atoms with van der Waals surface area (Å²) < 4.78 is 0. The summed E-state index contributed by atoms with van der Waals surface area (Å²) in [5.74, 6) is 1.11. The van der Waals surface area contributed by atoms with Crippen molar-refractivity contribution in [3.8, 4) is 0 Å². The number of hydrogen-bond acceptors (Lipinski definition) is 4. The first kappa shape index (κ1) is 10.5. The number of H-pyrrole nitrogens is 1. The number of rotatable bonds is 2. The van der Waals surface area contributed by atoms with Crippen LogP contribution in [0.4, 0.5) is 11.4 Å². The van der Waals surface area contributed by atoms with Crippen LogP contribution in [0.5, 0.6) is 0 Å². The zero-order chi connectivity index (χ0) is 11.7. The lowest BCUT2D eigenvalue weighted by Gasteiger charge is -2.30. The lowest BCUT2D eigenvalue weighted by atomic mass is 10.2. The van der Waals surface area contributed by atoms with Gasteiger partial charge in [0.05, 0.1) is 24.3 Å². The van der Waals surface area contributed by atoms with E-state index in [4.69, 9.17) is 5.73 Å². The second kappa shape index (κ2) is 4.33. The smallest absolute Gasteiger partial charge is 0.0923 e. The van der Waals surface area contributed by atoms with Crippen LogP contribution in [0, 0.1) is 0 Å². The molecule has 1 aromatic heterocycles. The summed E-state index contributed by atoms with van der Waals surface area (Å²) in [5.41, 5.74) is 8.96. The van der Waals surface area contributed by atoms with E-state index in [0.29, 0.717) is 0 Å². The summed E-state index contributed by atoms with van der Waals surface area (Å²) in [6, 6.07) is 6.12. The highest BCUT2D eigenvalue weighted by Crippen LogP contribution is 2.36. The number of imidazole rings is 1. The monoisotopic (exact) mass is 246 g/mol. The average Bonchev–Trinajstić information content (AvgIpc) is 2.83. The van der Waals surface area contributed by atoms with Gasteiger partial charge in [-0.1, -0.05) is 0 Å². The lowest BCUT2D eigenvalue weighted by molar-refractivity contribution is 0.802. The van der Waals surface area contributed by atoms with Crippen LogP contribution >= 0.6 is 11.8 Å². The topological polar surface area (TPSA) is 57.9 Å². The van der Waals surface area contributed by atoms with Crippen molar-refractivity contribution in [3.63, 3.8) is 0 Å². The fourth-order valence-corrected chi connectivity index (χ4v) is 3.06. The molecule has 0 saturated heterocycles. The Balaban J connectivity index is 1.90. The van der Waals surface area contributed by atoms with Gasteiger partial charge in [-0.15, -0.1) is 11.8 Å². The number of nitrogens with zero attached hydrogens (tertiary/aromatic N) is 2. The third-order valence-electron chi connectivity index (χ3n) is 2.85. The van der Waals surface area contributed by atoms with Gasteiger partial charge in [-0.25, -0.2) is 4.98 Å². The molecular weight excluding hydrogens is 232 g/mol. The number of nitrogens with one attached hydrogen (secondary N) is 1. The highest BCUT2D eigenvalue weighted by Gasteiger charge is 2.18. The number of anilines is 2. The fraction of sp³-hybridized carbons (Fsp3) is 0.250. The molecule has 0 atom stereocenters. The van der Waals surface area contributed by atoms with Crippen molar-refractivity contribution >= 4 is 23.1 Å². The van der Waals surface area contributed by atoms with Crippen LogP contribution in [0.1, 0.15) is 5.69 Å². The zero-order valence-corrected chi connectivity index (χ0v) is 10.2. The molecule has 3 rings (SSSR count). The fourth-order valence-electron chi connectivity index (χ4n) is 2.03. The molecule has 88 valence electrons. The minimum atomic E-state index is 0.818. The number of thioether (sulfide) groups is 1. The van der Waals surface area contributed by atoms with Gasteiger partial charge < -0.3 is 15.6 Å². The number of nitrogens with two attached hydrogens (primary N) is 1. The average molecular weight is 246 g/mol. The van der Waals surface area contributed by atoms with Crippen molar-refractivity contribution < 1.29 is 0 Å². The molecule has 17 heavy (non-hydrogen) atoms. The first-order valence-electron chi connectivity index (χ1n) is 5.58. The molecule has 0 fully saturated rings. The summed E-state index contributed by atoms with van der Waals surface area (Å²) in [6.45, 7) is 1.87. The van der Waals surface area contributed by atoms with Gasteiger partial charge in [-0.05, 0) is 18.2 Å². The van der Waals surface area contributed by atoms with Crippen LogP contribution in [0.25, 0.3) is 0 Å². The highest BCUT2D eigenvalue weighted by atomic mass is 32.2. The van der Waals surface area contributed by atoms with E-state index in [1.54, 1.807) is 6.33 Å². The Kier molecular flexibility index (Phi) is 2.68. The van der Waals surface area contributed by atoms with Crippen LogP contribution < -0.4 is 10.6 Å². The van der Waals surface area contributed by atoms with Gasteiger partial charge in [-0.2, -0.15) is 0 Å². The SMILES string of the molecule is Nc1ccc2c(c1)N(Cc1c[nH]cn1)CCS2. The van der Waals surface area contributed by atoms with Crippen molar-refractivity contribution in [3.05, 3.63) is 36.4 Å². The summed E-state index contributed by atoms with van der Waals surface area (Å²) in [7, 11) is 0. The first-order valence-corrected chi connectivity index (χ1v) is 6.56. The summed E-state index contributed by atoms with van der Waals surface area (Å²) >= 11 is 1.89. The largest absolute Gasteiger partial charge is 0.399 e. The van der Waals surface area contributed by atoms with Crippen molar-refractivity contribution in [1.82, 2.24) is 9.97 Å². The van der Waals surface area contributed by atoms with Gasteiger partial charge in [0.15, 0.2) is 0 Å². The second-order valence-corrected chi connectivity index (χ2v) is 5.19. The van der Waals surface area contributed by atoms with E-state index < -0.39 is 0 Å². The molecule has 4 nitrogen and oxygen atoms in total. The minimum absolute atomic E-state index is 0.818. The Labute approximate surface area is 104 Å². The normalized spacial score (nSPS) is 14.7. The number of benzene rings is 1. The van der Waals surface area contributed by atoms with Gasteiger partial charge in [0.1, 0.15) is 0 Å². The van der Waals surface area contributed by atoms with Crippen LogP contribution in [0.15, 0.2) is 35.6 Å². The molecule has 0 radical (unpaired) electrons. The summed E-state index contributed by atoms with van der Waals surface area (Å²) in [6.07, 6.45) is 3.65. The third kappa shape index (κ3) is 2.10. The number of fused-ring (bicyclic) bond motifs is 1.